The molecular formula is C25H21F3N4O2. The maximum Gasteiger partial charge on any atom is 0.416 e. The lowest BCUT2D eigenvalue weighted by atomic mass is 10.1. The van der Waals surface area contributed by atoms with Crippen molar-refractivity contribution in [1.29, 1.82) is 0 Å². The quantitative estimate of drug-likeness (QED) is 0.337. The van der Waals surface area contributed by atoms with Crippen molar-refractivity contribution >= 4 is 17.5 Å². The van der Waals surface area contributed by atoms with Crippen LogP contribution in [0.2, 0.25) is 0 Å². The molecule has 6 nitrogen and oxygen atoms in total. The van der Waals surface area contributed by atoms with Crippen molar-refractivity contribution in [2.24, 2.45) is 0 Å². The lowest BCUT2D eigenvalue weighted by Gasteiger charge is -2.14. The number of aliphatic hydroxyl groups excluding tert-OH is 1. The number of hydrogen-bond acceptors (Lipinski definition) is 3. The van der Waals surface area contributed by atoms with Gasteiger partial charge in [-0.15, -0.1) is 0 Å². The number of anilines is 2. The van der Waals surface area contributed by atoms with Gasteiger partial charge in [0.25, 0.3) is 0 Å². The Hall–Kier alpha value is -4.11. The van der Waals surface area contributed by atoms with E-state index in [4.69, 9.17) is 0 Å². The van der Waals surface area contributed by atoms with Crippen LogP contribution in [0.5, 0.6) is 0 Å². The van der Waals surface area contributed by atoms with E-state index in [9.17, 15) is 23.1 Å². The molecule has 0 saturated carbocycles. The van der Waals surface area contributed by atoms with Gasteiger partial charge in [0.2, 0.25) is 0 Å². The van der Waals surface area contributed by atoms with Gasteiger partial charge in [-0.2, -0.15) is 18.3 Å². The number of amides is 2. The normalized spacial score (nSPS) is 11.3. The molecular weight excluding hydrogens is 445 g/mol. The number of aryl methyl sites for hydroxylation is 1. The zero-order valence-electron chi connectivity index (χ0n) is 18.1. The first-order valence-electron chi connectivity index (χ1n) is 10.4. The highest BCUT2D eigenvalue weighted by molar-refractivity contribution is 6.00. The van der Waals surface area contributed by atoms with Crippen molar-refractivity contribution < 1.29 is 23.1 Å². The Kier molecular flexibility index (Phi) is 6.38. The molecule has 3 N–H and O–H groups in total. The van der Waals surface area contributed by atoms with Crippen LogP contribution in [0.15, 0.2) is 78.9 Å². The first kappa shape index (κ1) is 23.1. The van der Waals surface area contributed by atoms with Crippen LogP contribution in [0.3, 0.4) is 0 Å². The predicted octanol–water partition coefficient (Wildman–Crippen LogP) is 6.00. The molecule has 9 heteroatoms. The molecule has 0 fully saturated rings. The molecule has 0 saturated heterocycles. The van der Waals surface area contributed by atoms with Crippen LogP contribution in [0, 0.1) is 6.92 Å². The Morgan fingerprint density at radius 1 is 0.971 bits per heavy atom. The zero-order chi connectivity index (χ0) is 24.3. The summed E-state index contributed by atoms with van der Waals surface area (Å²) < 4.78 is 40.8. The van der Waals surface area contributed by atoms with Crippen molar-refractivity contribution in [3.8, 4) is 16.9 Å². The fourth-order valence-electron chi connectivity index (χ4n) is 3.41. The maximum atomic E-state index is 13.1. The van der Waals surface area contributed by atoms with E-state index in [1.807, 2.05) is 30.3 Å². The van der Waals surface area contributed by atoms with Crippen LogP contribution >= 0.6 is 0 Å². The summed E-state index contributed by atoms with van der Waals surface area (Å²) in [6.45, 7) is 1.44. The summed E-state index contributed by atoms with van der Waals surface area (Å²) >= 11 is 0. The summed E-state index contributed by atoms with van der Waals surface area (Å²) in [4.78, 5) is 12.8. The molecule has 34 heavy (non-hydrogen) atoms. The van der Waals surface area contributed by atoms with Crippen LogP contribution in [0.4, 0.5) is 29.5 Å². The summed E-state index contributed by atoms with van der Waals surface area (Å²) in [5.74, 6) is 0.302. The van der Waals surface area contributed by atoms with Gasteiger partial charge in [-0.3, -0.25) is 5.32 Å². The first-order valence-corrected chi connectivity index (χ1v) is 10.4. The number of alkyl halides is 3. The number of nitrogens with zero attached hydrogens (tertiary/aromatic N) is 2. The molecule has 0 aliphatic rings. The summed E-state index contributed by atoms with van der Waals surface area (Å²) in [6, 6.07) is 20.4. The minimum atomic E-state index is -4.53. The Labute approximate surface area is 193 Å². The van der Waals surface area contributed by atoms with Crippen LogP contribution in [-0.2, 0) is 12.8 Å². The minimum Gasteiger partial charge on any atom is -0.392 e. The number of urea groups is 1. The zero-order valence-corrected chi connectivity index (χ0v) is 18.1. The second-order valence-electron chi connectivity index (χ2n) is 7.63. The lowest BCUT2D eigenvalue weighted by molar-refractivity contribution is -0.137. The highest BCUT2D eigenvalue weighted by Crippen LogP contribution is 2.32. The molecule has 0 radical (unpaired) electrons. The second-order valence-corrected chi connectivity index (χ2v) is 7.63. The molecule has 0 bridgehead atoms. The highest BCUT2D eigenvalue weighted by atomic mass is 19.4. The Morgan fingerprint density at radius 3 is 2.44 bits per heavy atom. The van der Waals surface area contributed by atoms with Gasteiger partial charge < -0.3 is 10.4 Å². The summed E-state index contributed by atoms with van der Waals surface area (Å²) in [5, 5.41) is 19.2. The third-order valence-electron chi connectivity index (χ3n) is 5.17. The van der Waals surface area contributed by atoms with E-state index in [1.54, 1.807) is 37.3 Å². The average Bonchev–Trinajstić information content (AvgIpc) is 3.24. The van der Waals surface area contributed by atoms with Gasteiger partial charge >= 0.3 is 12.2 Å². The molecule has 0 atom stereocenters. The minimum absolute atomic E-state index is 0.0453. The molecule has 0 unspecified atom stereocenters. The standard InChI is InChI=1S/C25H21F3N4O2/c1-16-10-11-19(25(26,27)28)13-21(16)29-24(34)30-23-14-22(18-7-3-2-4-8-18)31-32(23)20-9-5-6-17(12-20)15-33/h2-14,33H,15H2,1H3,(H2,29,30,34). The maximum absolute atomic E-state index is 13.1. The summed E-state index contributed by atoms with van der Waals surface area (Å²) in [5.41, 5.74) is 2.33. The number of hydrogen-bond donors (Lipinski definition) is 3. The predicted molar refractivity (Wildman–Crippen MR) is 124 cm³/mol. The molecule has 4 rings (SSSR count). The highest BCUT2D eigenvalue weighted by Gasteiger charge is 2.31. The van der Waals surface area contributed by atoms with E-state index in [0.717, 1.165) is 17.7 Å². The summed E-state index contributed by atoms with van der Waals surface area (Å²) in [7, 11) is 0. The van der Waals surface area contributed by atoms with Gasteiger partial charge in [-0.25, -0.2) is 9.48 Å². The number of aromatic nitrogens is 2. The van der Waals surface area contributed by atoms with E-state index in [-0.39, 0.29) is 12.3 Å². The van der Waals surface area contributed by atoms with E-state index < -0.39 is 17.8 Å². The van der Waals surface area contributed by atoms with Gasteiger partial charge in [-0.05, 0) is 42.3 Å². The molecule has 1 aromatic heterocycles. The average molecular weight is 466 g/mol. The molecule has 3 aromatic carbocycles. The Balaban J connectivity index is 1.67. The lowest BCUT2D eigenvalue weighted by Crippen LogP contribution is -2.22. The van der Waals surface area contributed by atoms with Gasteiger partial charge in [0.15, 0.2) is 0 Å². The third-order valence-corrected chi connectivity index (χ3v) is 5.17. The van der Waals surface area contributed by atoms with Gasteiger partial charge in [0, 0.05) is 17.3 Å². The molecule has 0 aliphatic carbocycles. The number of carbonyl (C=O) groups is 1. The van der Waals surface area contributed by atoms with E-state index in [1.165, 1.54) is 10.7 Å². The smallest absolute Gasteiger partial charge is 0.392 e. The van der Waals surface area contributed by atoms with Crippen molar-refractivity contribution in [3.63, 3.8) is 0 Å². The fourth-order valence-corrected chi connectivity index (χ4v) is 3.41. The first-order chi connectivity index (χ1) is 16.2. The van der Waals surface area contributed by atoms with E-state index >= 15 is 0 Å². The third kappa shape index (κ3) is 5.10. The van der Waals surface area contributed by atoms with Gasteiger partial charge in [-0.1, -0.05) is 48.5 Å². The van der Waals surface area contributed by atoms with Crippen molar-refractivity contribution in [1.82, 2.24) is 9.78 Å². The van der Waals surface area contributed by atoms with E-state index in [2.05, 4.69) is 15.7 Å². The number of benzene rings is 3. The number of halogens is 3. The van der Waals surface area contributed by atoms with Crippen molar-refractivity contribution in [3.05, 3.63) is 95.6 Å². The molecule has 0 spiro atoms. The number of aliphatic hydroxyl groups is 1. The Bertz CT molecular complexity index is 1320. The topological polar surface area (TPSA) is 79.2 Å². The molecule has 1 heterocycles. The van der Waals surface area contributed by atoms with Crippen LogP contribution < -0.4 is 10.6 Å². The monoisotopic (exact) mass is 466 g/mol. The molecule has 174 valence electrons. The van der Waals surface area contributed by atoms with Crippen LogP contribution in [-0.4, -0.2) is 20.9 Å². The molecule has 2 amide bonds. The van der Waals surface area contributed by atoms with Crippen LogP contribution in [0.25, 0.3) is 16.9 Å². The molecule has 0 aliphatic heterocycles. The number of carbonyl (C=O) groups excluding carboxylic acids is 1. The van der Waals surface area contributed by atoms with Crippen LogP contribution in [0.1, 0.15) is 16.7 Å². The van der Waals surface area contributed by atoms with Gasteiger partial charge in [0.05, 0.1) is 23.6 Å². The fraction of sp³-hybridized carbons (Fsp3) is 0.120. The van der Waals surface area contributed by atoms with E-state index in [0.29, 0.717) is 28.3 Å². The molecule has 4 aromatic rings. The summed E-state index contributed by atoms with van der Waals surface area (Å²) in [6.07, 6.45) is -4.53. The largest absolute Gasteiger partial charge is 0.416 e. The van der Waals surface area contributed by atoms with Crippen molar-refractivity contribution in [2.75, 3.05) is 10.6 Å². The SMILES string of the molecule is Cc1ccc(C(F)(F)F)cc1NC(=O)Nc1cc(-c2ccccc2)nn1-c1cccc(CO)c1. The number of nitrogens with one attached hydrogen (secondary N) is 2. The number of rotatable bonds is 5. The van der Waals surface area contributed by atoms with Gasteiger partial charge in [0.1, 0.15) is 5.82 Å². The van der Waals surface area contributed by atoms with Crippen molar-refractivity contribution in [2.45, 2.75) is 19.7 Å². The second kappa shape index (κ2) is 9.40. The Morgan fingerprint density at radius 2 is 1.74 bits per heavy atom.